The van der Waals surface area contributed by atoms with Crippen molar-refractivity contribution in [1.29, 1.82) is 0 Å². The number of hydrogen-bond acceptors (Lipinski definition) is 6. The molecule has 0 N–H and O–H groups in total. The Morgan fingerprint density at radius 3 is 2.00 bits per heavy atom. The number of carbonyl (C=O) groups is 2. The third-order valence-electron chi connectivity index (χ3n) is 3.75. The van der Waals surface area contributed by atoms with Gasteiger partial charge in [-0.05, 0) is 42.5 Å². The smallest absolute Gasteiger partial charge is 0.365 e. The monoisotopic (exact) mass is 375 g/mol. The van der Waals surface area contributed by atoms with Gasteiger partial charge in [-0.15, -0.1) is 0 Å². The Hall–Kier alpha value is -3.93. The van der Waals surface area contributed by atoms with E-state index in [9.17, 15) is 9.59 Å². The fourth-order valence-electron chi connectivity index (χ4n) is 2.34. The minimum atomic E-state index is -0.558. The molecule has 0 aliphatic heterocycles. The van der Waals surface area contributed by atoms with Crippen molar-refractivity contribution in [3.8, 4) is 11.5 Å². The average Bonchev–Trinajstić information content (AvgIpc) is 2.75. The van der Waals surface area contributed by atoms with Gasteiger partial charge in [-0.3, -0.25) is 0 Å². The molecule has 28 heavy (non-hydrogen) atoms. The molecule has 0 amide bonds. The average molecular weight is 375 g/mol. The number of carbonyl (C=O) groups excluding carboxylic acids is 2. The van der Waals surface area contributed by atoms with Gasteiger partial charge in [0.2, 0.25) is 0 Å². The SMILES string of the molecule is COc1cc(C=NOC(=O)c2ccccc2)ccc1OC(=O)c1ccccc1. The van der Waals surface area contributed by atoms with Gasteiger partial charge >= 0.3 is 11.9 Å². The summed E-state index contributed by atoms with van der Waals surface area (Å²) in [5.41, 5.74) is 1.45. The van der Waals surface area contributed by atoms with Crippen LogP contribution in [0.5, 0.6) is 11.5 Å². The predicted octanol–water partition coefficient (Wildman–Crippen LogP) is 4.11. The van der Waals surface area contributed by atoms with E-state index in [-0.39, 0.29) is 5.75 Å². The van der Waals surface area contributed by atoms with Gasteiger partial charge in [-0.2, -0.15) is 0 Å². The lowest BCUT2D eigenvalue weighted by atomic mass is 10.2. The Bertz CT molecular complexity index is 984. The van der Waals surface area contributed by atoms with Gasteiger partial charge in [0.05, 0.1) is 24.5 Å². The number of nitrogens with zero attached hydrogens (tertiary/aromatic N) is 1. The molecule has 0 heterocycles. The molecular weight excluding hydrogens is 358 g/mol. The lowest BCUT2D eigenvalue weighted by molar-refractivity contribution is 0.0519. The van der Waals surface area contributed by atoms with Crippen LogP contribution in [0.2, 0.25) is 0 Å². The summed E-state index contributed by atoms with van der Waals surface area (Å²) >= 11 is 0. The lowest BCUT2D eigenvalue weighted by Gasteiger charge is -2.09. The van der Waals surface area contributed by atoms with Crippen LogP contribution in [0, 0.1) is 0 Å². The van der Waals surface area contributed by atoms with E-state index >= 15 is 0 Å². The number of esters is 1. The summed E-state index contributed by atoms with van der Waals surface area (Å²) in [5.74, 6) is -0.424. The summed E-state index contributed by atoms with van der Waals surface area (Å²) in [4.78, 5) is 28.9. The molecule has 3 aromatic rings. The van der Waals surface area contributed by atoms with Crippen molar-refractivity contribution in [3.05, 3.63) is 95.6 Å². The number of ether oxygens (including phenoxy) is 2. The second kappa shape index (κ2) is 9.14. The number of rotatable bonds is 6. The van der Waals surface area contributed by atoms with Crippen LogP contribution in [0.4, 0.5) is 0 Å². The van der Waals surface area contributed by atoms with Crippen LogP contribution >= 0.6 is 0 Å². The minimum Gasteiger partial charge on any atom is -0.493 e. The zero-order valence-corrected chi connectivity index (χ0v) is 15.1. The van der Waals surface area contributed by atoms with E-state index in [2.05, 4.69) is 5.16 Å². The maximum Gasteiger partial charge on any atom is 0.365 e. The quantitative estimate of drug-likeness (QED) is 0.213. The van der Waals surface area contributed by atoms with Crippen LogP contribution in [0.25, 0.3) is 0 Å². The molecule has 3 rings (SSSR count). The van der Waals surface area contributed by atoms with E-state index < -0.39 is 11.9 Å². The second-order valence-corrected chi connectivity index (χ2v) is 5.65. The molecule has 0 aliphatic rings. The van der Waals surface area contributed by atoms with E-state index in [0.717, 1.165) is 0 Å². The molecular formula is C22H17NO5. The molecule has 0 radical (unpaired) electrons. The number of methoxy groups -OCH3 is 1. The van der Waals surface area contributed by atoms with Crippen molar-refractivity contribution in [2.24, 2.45) is 5.16 Å². The summed E-state index contributed by atoms with van der Waals surface area (Å²) in [6.07, 6.45) is 1.37. The molecule has 0 saturated carbocycles. The Kier molecular flexibility index (Phi) is 6.15. The van der Waals surface area contributed by atoms with Gasteiger partial charge in [0.15, 0.2) is 11.5 Å². The fourth-order valence-corrected chi connectivity index (χ4v) is 2.34. The van der Waals surface area contributed by atoms with Crippen LogP contribution < -0.4 is 9.47 Å². The summed E-state index contributed by atoms with van der Waals surface area (Å²) < 4.78 is 10.7. The molecule has 3 aromatic carbocycles. The predicted molar refractivity (Wildman–Crippen MR) is 104 cm³/mol. The van der Waals surface area contributed by atoms with E-state index in [1.165, 1.54) is 13.3 Å². The zero-order chi connectivity index (χ0) is 19.8. The summed E-state index contributed by atoms with van der Waals surface area (Å²) in [7, 11) is 1.46. The summed E-state index contributed by atoms with van der Waals surface area (Å²) in [6, 6.07) is 22.1. The van der Waals surface area contributed by atoms with Crippen LogP contribution in [0.3, 0.4) is 0 Å². The van der Waals surface area contributed by atoms with Crippen LogP contribution in [0.1, 0.15) is 26.3 Å². The normalized spacial score (nSPS) is 10.5. The Labute approximate surface area is 162 Å². The molecule has 0 bridgehead atoms. The van der Waals surface area contributed by atoms with Crippen molar-refractivity contribution in [2.75, 3.05) is 7.11 Å². The molecule has 0 aromatic heterocycles. The molecule has 0 atom stereocenters. The first kappa shape index (κ1) is 18.8. The summed E-state index contributed by atoms with van der Waals surface area (Å²) in [6.45, 7) is 0. The van der Waals surface area contributed by atoms with E-state index in [0.29, 0.717) is 22.4 Å². The minimum absolute atomic E-state index is 0.273. The standard InChI is InChI=1S/C22H17NO5/c1-26-20-14-16(15-23-28-22(25)18-10-6-3-7-11-18)12-13-19(20)27-21(24)17-8-4-2-5-9-17/h2-15H,1H3. The fraction of sp³-hybridized carbons (Fsp3) is 0.0455. The van der Waals surface area contributed by atoms with Crippen molar-refractivity contribution in [3.63, 3.8) is 0 Å². The van der Waals surface area contributed by atoms with Gasteiger partial charge in [-0.1, -0.05) is 41.6 Å². The molecule has 0 unspecified atom stereocenters. The number of hydrogen-bond donors (Lipinski definition) is 0. The first-order chi connectivity index (χ1) is 13.7. The van der Waals surface area contributed by atoms with E-state index in [1.807, 2.05) is 6.07 Å². The van der Waals surface area contributed by atoms with Gasteiger partial charge in [0.1, 0.15) is 0 Å². The second-order valence-electron chi connectivity index (χ2n) is 5.65. The zero-order valence-electron chi connectivity index (χ0n) is 15.1. The van der Waals surface area contributed by atoms with Crippen molar-refractivity contribution in [1.82, 2.24) is 0 Å². The van der Waals surface area contributed by atoms with Gasteiger partial charge in [0.25, 0.3) is 0 Å². The first-order valence-corrected chi connectivity index (χ1v) is 8.42. The Balaban J connectivity index is 1.67. The largest absolute Gasteiger partial charge is 0.493 e. The van der Waals surface area contributed by atoms with Crippen LogP contribution in [-0.2, 0) is 4.84 Å². The van der Waals surface area contributed by atoms with Crippen molar-refractivity contribution in [2.45, 2.75) is 0 Å². The molecule has 0 spiro atoms. The highest BCUT2D eigenvalue weighted by Gasteiger charge is 2.12. The van der Waals surface area contributed by atoms with E-state index in [1.54, 1.807) is 72.8 Å². The highest BCUT2D eigenvalue weighted by Crippen LogP contribution is 2.28. The van der Waals surface area contributed by atoms with Gasteiger partial charge in [-0.25, -0.2) is 9.59 Å². The number of benzene rings is 3. The third-order valence-corrected chi connectivity index (χ3v) is 3.75. The topological polar surface area (TPSA) is 74.2 Å². The third kappa shape index (κ3) is 4.82. The molecule has 140 valence electrons. The maximum absolute atomic E-state index is 12.2. The molecule has 6 nitrogen and oxygen atoms in total. The molecule has 0 fully saturated rings. The lowest BCUT2D eigenvalue weighted by Crippen LogP contribution is -2.09. The molecule has 0 aliphatic carbocycles. The van der Waals surface area contributed by atoms with Crippen LogP contribution in [-0.4, -0.2) is 25.3 Å². The highest BCUT2D eigenvalue weighted by molar-refractivity contribution is 5.92. The van der Waals surface area contributed by atoms with Gasteiger partial charge in [0, 0.05) is 5.56 Å². The Morgan fingerprint density at radius 2 is 1.39 bits per heavy atom. The van der Waals surface area contributed by atoms with Crippen molar-refractivity contribution >= 4 is 18.2 Å². The van der Waals surface area contributed by atoms with Crippen LogP contribution in [0.15, 0.2) is 84.0 Å². The molecule has 0 saturated heterocycles. The van der Waals surface area contributed by atoms with E-state index in [4.69, 9.17) is 14.3 Å². The molecule has 6 heteroatoms. The first-order valence-electron chi connectivity index (χ1n) is 8.42. The highest BCUT2D eigenvalue weighted by atomic mass is 16.7. The maximum atomic E-state index is 12.2. The summed E-state index contributed by atoms with van der Waals surface area (Å²) in [5, 5.41) is 3.69. The Morgan fingerprint density at radius 1 is 0.786 bits per heavy atom. The number of oxime groups is 1. The van der Waals surface area contributed by atoms with Gasteiger partial charge < -0.3 is 14.3 Å². The van der Waals surface area contributed by atoms with Crippen molar-refractivity contribution < 1.29 is 23.9 Å².